The van der Waals surface area contributed by atoms with E-state index in [-0.39, 0.29) is 48.3 Å². The maximum Gasteiger partial charge on any atom is 0.245 e. The lowest BCUT2D eigenvalue weighted by Gasteiger charge is -2.32. The van der Waals surface area contributed by atoms with Gasteiger partial charge in [0, 0.05) is 38.1 Å². The van der Waals surface area contributed by atoms with Gasteiger partial charge in [-0.2, -0.15) is 4.31 Å². The minimum absolute atomic E-state index is 0. The second-order valence-electron chi connectivity index (χ2n) is 8.02. The Morgan fingerprint density at radius 3 is 2.39 bits per heavy atom. The van der Waals surface area contributed by atoms with Crippen molar-refractivity contribution in [2.24, 2.45) is 23.5 Å². The highest BCUT2D eigenvalue weighted by Crippen LogP contribution is 2.38. The Morgan fingerprint density at radius 1 is 1.07 bits per heavy atom. The Kier molecular flexibility index (Phi) is 6.34. The first-order valence-electron chi connectivity index (χ1n) is 9.67. The molecule has 4 rings (SSSR count). The molecule has 2 saturated heterocycles. The van der Waals surface area contributed by atoms with Crippen molar-refractivity contribution in [3.63, 3.8) is 0 Å². The molecule has 0 bridgehead atoms. The molecule has 0 aromatic heterocycles. The van der Waals surface area contributed by atoms with Gasteiger partial charge in [-0.25, -0.2) is 12.8 Å². The molecule has 3 unspecified atom stereocenters. The molecule has 9 heteroatoms. The summed E-state index contributed by atoms with van der Waals surface area (Å²) in [6.07, 6.45) is 3.09. The quantitative estimate of drug-likeness (QED) is 0.791. The third-order valence-corrected chi connectivity index (χ3v) is 8.41. The summed E-state index contributed by atoms with van der Waals surface area (Å²) >= 11 is 0. The zero-order chi connectivity index (χ0) is 19.2. The van der Waals surface area contributed by atoms with E-state index in [0.717, 1.165) is 32.0 Å². The highest BCUT2D eigenvalue weighted by atomic mass is 35.5. The molecule has 1 aliphatic carbocycles. The van der Waals surface area contributed by atoms with Gasteiger partial charge in [-0.15, -0.1) is 12.4 Å². The van der Waals surface area contributed by atoms with Gasteiger partial charge in [-0.05, 0) is 49.7 Å². The number of rotatable bonds is 3. The predicted molar refractivity (Wildman–Crippen MR) is 106 cm³/mol. The van der Waals surface area contributed by atoms with E-state index >= 15 is 0 Å². The second kappa shape index (κ2) is 8.26. The van der Waals surface area contributed by atoms with E-state index in [0.29, 0.717) is 24.7 Å². The van der Waals surface area contributed by atoms with E-state index in [1.807, 2.05) is 4.90 Å². The first kappa shape index (κ1) is 21.5. The second-order valence-corrected chi connectivity index (χ2v) is 9.92. The van der Waals surface area contributed by atoms with Gasteiger partial charge in [0.1, 0.15) is 10.7 Å². The lowest BCUT2D eigenvalue weighted by molar-refractivity contribution is -0.136. The SMILES string of the molecule is Cl.NC1CCC2CN(C(=O)C3CCN(S(=O)(=O)c4ccccc4F)CC3)CC12. The van der Waals surface area contributed by atoms with E-state index in [9.17, 15) is 17.6 Å². The molecule has 28 heavy (non-hydrogen) atoms. The van der Waals surface area contributed by atoms with Crippen molar-refractivity contribution < 1.29 is 17.6 Å². The molecule has 2 heterocycles. The summed E-state index contributed by atoms with van der Waals surface area (Å²) in [6, 6.07) is 5.62. The Balaban J connectivity index is 0.00000225. The number of fused-ring (bicyclic) bond motifs is 1. The van der Waals surface area contributed by atoms with Crippen molar-refractivity contribution in [3.8, 4) is 0 Å². The first-order chi connectivity index (χ1) is 12.9. The molecule has 2 N–H and O–H groups in total. The Morgan fingerprint density at radius 2 is 1.75 bits per heavy atom. The fourth-order valence-electron chi connectivity index (χ4n) is 4.88. The largest absolute Gasteiger partial charge is 0.342 e. The Bertz CT molecular complexity index is 829. The van der Waals surface area contributed by atoms with Crippen LogP contribution in [0.2, 0.25) is 0 Å². The van der Waals surface area contributed by atoms with E-state index in [2.05, 4.69) is 0 Å². The Hall–Kier alpha value is -1.22. The topological polar surface area (TPSA) is 83.7 Å². The predicted octanol–water partition coefficient (Wildman–Crippen LogP) is 1.84. The average Bonchev–Trinajstić information content (AvgIpc) is 3.24. The fourth-order valence-corrected chi connectivity index (χ4v) is 6.42. The third kappa shape index (κ3) is 3.79. The highest BCUT2D eigenvalue weighted by molar-refractivity contribution is 7.89. The van der Waals surface area contributed by atoms with Crippen LogP contribution in [0.15, 0.2) is 29.2 Å². The fraction of sp³-hybridized carbons (Fsp3) is 0.632. The molecule has 3 atom stereocenters. The van der Waals surface area contributed by atoms with Gasteiger partial charge >= 0.3 is 0 Å². The summed E-state index contributed by atoms with van der Waals surface area (Å²) in [5.41, 5.74) is 6.15. The van der Waals surface area contributed by atoms with Crippen LogP contribution >= 0.6 is 12.4 Å². The van der Waals surface area contributed by atoms with Crippen LogP contribution in [-0.4, -0.2) is 55.8 Å². The number of carbonyl (C=O) groups excluding carboxylic acids is 1. The van der Waals surface area contributed by atoms with Crippen molar-refractivity contribution in [1.29, 1.82) is 0 Å². The molecule has 1 aromatic rings. The molecule has 1 amide bonds. The Labute approximate surface area is 171 Å². The number of sulfonamides is 1. The summed E-state index contributed by atoms with van der Waals surface area (Å²) in [5.74, 6) is 0.156. The number of hydrogen-bond donors (Lipinski definition) is 1. The van der Waals surface area contributed by atoms with E-state index in [1.54, 1.807) is 0 Å². The lowest BCUT2D eigenvalue weighted by atomic mass is 9.96. The number of amides is 1. The third-order valence-electron chi connectivity index (χ3n) is 6.48. The molecule has 0 radical (unpaired) electrons. The van der Waals surface area contributed by atoms with Crippen LogP contribution in [0.3, 0.4) is 0 Å². The number of piperidine rings is 1. The smallest absolute Gasteiger partial charge is 0.245 e. The summed E-state index contributed by atoms with van der Waals surface area (Å²) in [4.78, 5) is 14.5. The van der Waals surface area contributed by atoms with Crippen LogP contribution in [0.1, 0.15) is 25.7 Å². The number of benzene rings is 1. The standard InChI is InChI=1S/C19H26FN3O3S.ClH/c20-16-3-1-2-4-18(16)27(25,26)23-9-7-13(8-10-23)19(24)22-11-14-5-6-17(21)15(14)12-22;/h1-4,13-15,17H,5-12,21H2;1H. The average molecular weight is 432 g/mol. The molecule has 3 aliphatic rings. The van der Waals surface area contributed by atoms with Crippen LogP contribution in [0.4, 0.5) is 4.39 Å². The van der Waals surface area contributed by atoms with Gasteiger partial charge in [0.15, 0.2) is 0 Å². The monoisotopic (exact) mass is 431 g/mol. The van der Waals surface area contributed by atoms with Crippen LogP contribution in [0, 0.1) is 23.6 Å². The number of halogens is 2. The van der Waals surface area contributed by atoms with Gasteiger partial charge in [0.05, 0.1) is 0 Å². The number of carbonyl (C=O) groups is 1. The van der Waals surface area contributed by atoms with E-state index in [4.69, 9.17) is 5.73 Å². The van der Waals surface area contributed by atoms with Crippen LogP contribution in [-0.2, 0) is 14.8 Å². The molecule has 1 aromatic carbocycles. The zero-order valence-electron chi connectivity index (χ0n) is 15.7. The van der Waals surface area contributed by atoms with Gasteiger partial charge in [-0.1, -0.05) is 12.1 Å². The molecule has 1 saturated carbocycles. The summed E-state index contributed by atoms with van der Waals surface area (Å²) in [6.45, 7) is 2.00. The normalized spacial score (nSPS) is 28.8. The van der Waals surface area contributed by atoms with Crippen LogP contribution in [0.25, 0.3) is 0 Å². The zero-order valence-corrected chi connectivity index (χ0v) is 17.3. The molecular weight excluding hydrogens is 405 g/mol. The molecule has 3 fully saturated rings. The minimum Gasteiger partial charge on any atom is -0.342 e. The first-order valence-corrected chi connectivity index (χ1v) is 11.1. The van der Waals surface area contributed by atoms with E-state index in [1.165, 1.54) is 22.5 Å². The van der Waals surface area contributed by atoms with Crippen molar-refractivity contribution in [2.45, 2.75) is 36.6 Å². The maximum atomic E-state index is 13.9. The van der Waals surface area contributed by atoms with Gasteiger partial charge in [0.2, 0.25) is 15.9 Å². The summed E-state index contributed by atoms with van der Waals surface area (Å²) in [7, 11) is -3.86. The van der Waals surface area contributed by atoms with Crippen molar-refractivity contribution in [2.75, 3.05) is 26.2 Å². The van der Waals surface area contributed by atoms with Crippen molar-refractivity contribution >= 4 is 28.3 Å². The molecule has 6 nitrogen and oxygen atoms in total. The van der Waals surface area contributed by atoms with Crippen molar-refractivity contribution in [3.05, 3.63) is 30.1 Å². The van der Waals surface area contributed by atoms with Gasteiger partial charge in [0.25, 0.3) is 0 Å². The highest BCUT2D eigenvalue weighted by Gasteiger charge is 2.44. The van der Waals surface area contributed by atoms with E-state index < -0.39 is 15.8 Å². The number of likely N-dealkylation sites (tertiary alicyclic amines) is 1. The molecule has 0 spiro atoms. The maximum absolute atomic E-state index is 13.9. The van der Waals surface area contributed by atoms with Crippen LogP contribution < -0.4 is 5.73 Å². The minimum atomic E-state index is -3.86. The lowest BCUT2D eigenvalue weighted by Crippen LogP contribution is -2.44. The number of hydrogen-bond acceptors (Lipinski definition) is 4. The van der Waals surface area contributed by atoms with Crippen molar-refractivity contribution in [1.82, 2.24) is 9.21 Å². The molecule has 2 aliphatic heterocycles. The summed E-state index contributed by atoms with van der Waals surface area (Å²) < 4.78 is 40.6. The van der Waals surface area contributed by atoms with Crippen LogP contribution in [0.5, 0.6) is 0 Å². The van der Waals surface area contributed by atoms with Gasteiger partial charge in [-0.3, -0.25) is 4.79 Å². The van der Waals surface area contributed by atoms with Gasteiger partial charge < -0.3 is 10.6 Å². The molecule has 156 valence electrons. The molecular formula is C19H27ClFN3O3S. The number of nitrogens with two attached hydrogens (primary N) is 1. The summed E-state index contributed by atoms with van der Waals surface area (Å²) in [5, 5.41) is 0. The number of nitrogens with zero attached hydrogens (tertiary/aromatic N) is 2.